The van der Waals surface area contributed by atoms with E-state index in [1.807, 2.05) is 0 Å². The quantitative estimate of drug-likeness (QED) is 0.709. The minimum atomic E-state index is -0.451. The molecular weight excluding hydrogens is 242 g/mol. The Morgan fingerprint density at radius 3 is 2.53 bits per heavy atom. The van der Waals surface area contributed by atoms with Crippen molar-refractivity contribution < 1.29 is 9.53 Å². The van der Waals surface area contributed by atoms with Crippen LogP contribution in [-0.2, 0) is 4.74 Å². The van der Waals surface area contributed by atoms with Crippen LogP contribution < -0.4 is 4.90 Å². The molecule has 0 amide bonds. The summed E-state index contributed by atoms with van der Waals surface area (Å²) in [6.07, 6.45) is 5.40. The first-order valence-corrected chi connectivity index (χ1v) is 6.81. The highest BCUT2D eigenvalue weighted by molar-refractivity contribution is 5.87. The van der Waals surface area contributed by atoms with Crippen molar-refractivity contribution >= 4 is 11.8 Å². The SMILES string of the molecule is CCC(CC)CN(CC)c1cncc(C(=O)OC)n1. The molecule has 0 aliphatic rings. The summed E-state index contributed by atoms with van der Waals surface area (Å²) >= 11 is 0. The van der Waals surface area contributed by atoms with E-state index in [1.54, 1.807) is 6.20 Å². The van der Waals surface area contributed by atoms with Crippen LogP contribution in [0.4, 0.5) is 5.82 Å². The first kappa shape index (κ1) is 15.4. The van der Waals surface area contributed by atoms with Gasteiger partial charge in [-0.1, -0.05) is 26.7 Å². The van der Waals surface area contributed by atoms with Crippen LogP contribution in [0.5, 0.6) is 0 Å². The Bertz CT molecular complexity index is 405. The number of methoxy groups -OCH3 is 1. The van der Waals surface area contributed by atoms with Gasteiger partial charge < -0.3 is 9.64 Å². The molecule has 0 unspecified atom stereocenters. The summed E-state index contributed by atoms with van der Waals surface area (Å²) in [5.41, 5.74) is 0.253. The van der Waals surface area contributed by atoms with Gasteiger partial charge in [-0.3, -0.25) is 4.98 Å². The molecule has 0 N–H and O–H groups in total. The maximum Gasteiger partial charge on any atom is 0.358 e. The first-order chi connectivity index (χ1) is 9.15. The molecule has 1 aromatic rings. The molecule has 0 fully saturated rings. The molecule has 19 heavy (non-hydrogen) atoms. The van der Waals surface area contributed by atoms with Gasteiger partial charge in [0.05, 0.1) is 19.5 Å². The van der Waals surface area contributed by atoms with Gasteiger partial charge in [0.25, 0.3) is 0 Å². The second kappa shape index (κ2) is 7.71. The molecule has 0 aliphatic heterocycles. The summed E-state index contributed by atoms with van der Waals surface area (Å²) in [7, 11) is 1.35. The second-order valence-corrected chi connectivity index (χ2v) is 4.48. The standard InChI is InChI=1S/C14H23N3O2/c1-5-11(6-2)10-17(7-3)13-9-15-8-12(16-13)14(18)19-4/h8-9,11H,5-7,10H2,1-4H3. The smallest absolute Gasteiger partial charge is 0.358 e. The Hall–Kier alpha value is -1.65. The maximum atomic E-state index is 11.5. The van der Waals surface area contributed by atoms with Crippen molar-refractivity contribution in [2.75, 3.05) is 25.1 Å². The number of aromatic nitrogens is 2. The number of rotatable bonds is 7. The number of hydrogen-bond donors (Lipinski definition) is 0. The lowest BCUT2D eigenvalue weighted by Gasteiger charge is -2.26. The molecule has 0 radical (unpaired) electrons. The predicted molar refractivity (Wildman–Crippen MR) is 75.3 cm³/mol. The largest absolute Gasteiger partial charge is 0.464 e. The number of carbonyl (C=O) groups excluding carboxylic acids is 1. The molecule has 1 aromatic heterocycles. The molecule has 106 valence electrons. The summed E-state index contributed by atoms with van der Waals surface area (Å²) in [6, 6.07) is 0. The Kier molecular flexibility index (Phi) is 6.25. The zero-order chi connectivity index (χ0) is 14.3. The van der Waals surface area contributed by atoms with Gasteiger partial charge in [0, 0.05) is 13.1 Å². The summed E-state index contributed by atoms with van der Waals surface area (Å²) in [6.45, 7) is 8.24. The number of anilines is 1. The van der Waals surface area contributed by atoms with E-state index in [-0.39, 0.29) is 5.69 Å². The van der Waals surface area contributed by atoms with E-state index in [2.05, 4.69) is 40.4 Å². The Morgan fingerprint density at radius 2 is 2.00 bits per heavy atom. The molecule has 0 saturated carbocycles. The molecule has 0 atom stereocenters. The summed E-state index contributed by atoms with van der Waals surface area (Å²) in [5, 5.41) is 0. The Morgan fingerprint density at radius 1 is 1.32 bits per heavy atom. The van der Waals surface area contributed by atoms with Gasteiger partial charge in [-0.15, -0.1) is 0 Å². The van der Waals surface area contributed by atoms with E-state index < -0.39 is 5.97 Å². The predicted octanol–water partition coefficient (Wildman–Crippen LogP) is 2.53. The van der Waals surface area contributed by atoms with E-state index in [9.17, 15) is 4.79 Å². The van der Waals surface area contributed by atoms with Crippen LogP contribution in [0.1, 0.15) is 44.1 Å². The Labute approximate surface area is 115 Å². The number of carbonyl (C=O) groups is 1. The van der Waals surface area contributed by atoms with Gasteiger partial charge in [-0.05, 0) is 12.8 Å². The molecule has 0 aliphatic carbocycles. The number of nitrogens with zero attached hydrogens (tertiary/aromatic N) is 3. The van der Waals surface area contributed by atoms with Gasteiger partial charge in [0.15, 0.2) is 5.69 Å². The third kappa shape index (κ3) is 4.19. The van der Waals surface area contributed by atoms with Gasteiger partial charge in [-0.25, -0.2) is 9.78 Å². The van der Waals surface area contributed by atoms with Crippen LogP contribution in [-0.4, -0.2) is 36.1 Å². The lowest BCUT2D eigenvalue weighted by Crippen LogP contribution is -2.30. The zero-order valence-corrected chi connectivity index (χ0v) is 12.2. The monoisotopic (exact) mass is 265 g/mol. The molecular formula is C14H23N3O2. The van der Waals surface area contributed by atoms with Crippen LogP contribution in [0.25, 0.3) is 0 Å². The number of ether oxygens (including phenoxy) is 1. The van der Waals surface area contributed by atoms with E-state index in [1.165, 1.54) is 13.3 Å². The lowest BCUT2D eigenvalue weighted by molar-refractivity contribution is 0.0593. The highest BCUT2D eigenvalue weighted by Gasteiger charge is 2.15. The topological polar surface area (TPSA) is 55.3 Å². The van der Waals surface area contributed by atoms with Crippen molar-refractivity contribution in [3.05, 3.63) is 18.1 Å². The summed E-state index contributed by atoms with van der Waals surface area (Å²) < 4.78 is 4.67. The van der Waals surface area contributed by atoms with Gasteiger partial charge >= 0.3 is 5.97 Å². The van der Waals surface area contributed by atoms with Crippen LogP contribution in [0.2, 0.25) is 0 Å². The van der Waals surface area contributed by atoms with Crippen LogP contribution in [0.15, 0.2) is 12.4 Å². The second-order valence-electron chi connectivity index (χ2n) is 4.48. The van der Waals surface area contributed by atoms with Crippen LogP contribution in [0.3, 0.4) is 0 Å². The molecule has 5 heteroatoms. The highest BCUT2D eigenvalue weighted by atomic mass is 16.5. The zero-order valence-electron chi connectivity index (χ0n) is 12.2. The minimum absolute atomic E-state index is 0.253. The molecule has 0 spiro atoms. The van der Waals surface area contributed by atoms with Crippen molar-refractivity contribution in [2.24, 2.45) is 5.92 Å². The minimum Gasteiger partial charge on any atom is -0.464 e. The van der Waals surface area contributed by atoms with Crippen molar-refractivity contribution in [1.29, 1.82) is 0 Å². The lowest BCUT2D eigenvalue weighted by atomic mass is 10.0. The Balaban J connectivity index is 2.89. The summed E-state index contributed by atoms with van der Waals surface area (Å²) in [4.78, 5) is 22.0. The fraction of sp³-hybridized carbons (Fsp3) is 0.643. The number of hydrogen-bond acceptors (Lipinski definition) is 5. The van der Waals surface area contributed by atoms with Gasteiger partial charge in [0.2, 0.25) is 0 Å². The average Bonchev–Trinajstić information content (AvgIpc) is 2.48. The van der Waals surface area contributed by atoms with Crippen LogP contribution in [0, 0.1) is 5.92 Å². The number of esters is 1. The van der Waals surface area contributed by atoms with Crippen molar-refractivity contribution in [3.8, 4) is 0 Å². The molecule has 5 nitrogen and oxygen atoms in total. The summed E-state index contributed by atoms with van der Waals surface area (Å²) in [5.74, 6) is 0.911. The third-order valence-corrected chi connectivity index (χ3v) is 3.36. The van der Waals surface area contributed by atoms with E-state index in [0.717, 1.165) is 31.7 Å². The normalized spacial score (nSPS) is 10.6. The van der Waals surface area contributed by atoms with E-state index in [4.69, 9.17) is 0 Å². The van der Waals surface area contributed by atoms with E-state index >= 15 is 0 Å². The third-order valence-electron chi connectivity index (χ3n) is 3.36. The molecule has 1 heterocycles. The van der Waals surface area contributed by atoms with Gasteiger partial charge in [0.1, 0.15) is 5.82 Å². The van der Waals surface area contributed by atoms with Crippen molar-refractivity contribution in [2.45, 2.75) is 33.6 Å². The fourth-order valence-corrected chi connectivity index (χ4v) is 1.95. The van der Waals surface area contributed by atoms with Crippen LogP contribution >= 0.6 is 0 Å². The molecule has 1 rings (SSSR count). The van der Waals surface area contributed by atoms with Crippen molar-refractivity contribution in [1.82, 2.24) is 9.97 Å². The average molecular weight is 265 g/mol. The highest BCUT2D eigenvalue weighted by Crippen LogP contribution is 2.16. The van der Waals surface area contributed by atoms with Gasteiger partial charge in [-0.2, -0.15) is 0 Å². The van der Waals surface area contributed by atoms with Crippen molar-refractivity contribution in [3.63, 3.8) is 0 Å². The molecule has 0 aromatic carbocycles. The van der Waals surface area contributed by atoms with E-state index in [0.29, 0.717) is 5.92 Å². The molecule has 0 saturated heterocycles. The maximum absolute atomic E-state index is 11.5. The molecule has 0 bridgehead atoms. The first-order valence-electron chi connectivity index (χ1n) is 6.81. The fourth-order valence-electron chi connectivity index (χ4n) is 1.95.